The molecule has 1 spiro atoms. The van der Waals surface area contributed by atoms with Gasteiger partial charge in [-0.05, 0) is 18.6 Å². The van der Waals surface area contributed by atoms with Crippen LogP contribution in [0.1, 0.15) is 41.0 Å². The van der Waals surface area contributed by atoms with Crippen LogP contribution in [0.4, 0.5) is 0 Å². The molecular weight excluding hydrogens is 288 g/mol. The number of esters is 1. The maximum absolute atomic E-state index is 12.2. The van der Waals surface area contributed by atoms with Crippen LogP contribution >= 0.6 is 0 Å². The van der Waals surface area contributed by atoms with E-state index in [4.69, 9.17) is 14.2 Å². The number of hydrogen-bond acceptors (Lipinski definition) is 6. The standard InChI is InChI=1S/C16H22O6/c1-8-7-15(22-13(8)20-10(3)17)16(19)9(2)6-11(18)12(21-15)14(16,4)5/h6,8,12-13,19H,7H2,1-5H3/t8-,12+,13-,15+,16+/m0/s1. The molecule has 1 N–H and O–H groups in total. The van der Waals surface area contributed by atoms with Gasteiger partial charge in [-0.3, -0.25) is 9.59 Å². The van der Waals surface area contributed by atoms with Crippen molar-refractivity contribution in [3.05, 3.63) is 11.6 Å². The van der Waals surface area contributed by atoms with E-state index in [1.54, 1.807) is 20.8 Å². The summed E-state index contributed by atoms with van der Waals surface area (Å²) in [4.78, 5) is 23.5. The molecule has 0 aromatic rings. The molecule has 0 aromatic heterocycles. The highest BCUT2D eigenvalue weighted by molar-refractivity contribution is 5.97. The Balaban J connectivity index is 2.05. The van der Waals surface area contributed by atoms with E-state index >= 15 is 0 Å². The van der Waals surface area contributed by atoms with Crippen LogP contribution in [0.25, 0.3) is 0 Å². The maximum Gasteiger partial charge on any atom is 0.304 e. The fourth-order valence-electron chi connectivity index (χ4n) is 4.20. The molecule has 2 fully saturated rings. The SMILES string of the molecule is CC(=O)O[C@H]1O[C@@]2(C[C@@H]1C)O[C@@H]1C(=O)C=C(C)[C@@]2(O)C1(C)C. The zero-order valence-corrected chi connectivity index (χ0v) is 13.5. The topological polar surface area (TPSA) is 82.1 Å². The van der Waals surface area contributed by atoms with Gasteiger partial charge in [-0.1, -0.05) is 20.8 Å². The third kappa shape index (κ3) is 1.66. The number of carbonyl (C=O) groups excluding carboxylic acids is 2. The van der Waals surface area contributed by atoms with E-state index in [1.165, 1.54) is 13.0 Å². The molecule has 0 saturated carbocycles. The second-order valence-electron chi connectivity index (χ2n) is 7.19. The van der Waals surface area contributed by atoms with Crippen molar-refractivity contribution in [2.75, 3.05) is 0 Å². The lowest BCUT2D eigenvalue weighted by Crippen LogP contribution is -2.60. The van der Waals surface area contributed by atoms with Gasteiger partial charge < -0.3 is 19.3 Å². The van der Waals surface area contributed by atoms with Gasteiger partial charge in [-0.15, -0.1) is 0 Å². The average Bonchev–Trinajstić information content (AvgIpc) is 2.74. The fraction of sp³-hybridized carbons (Fsp3) is 0.750. The third-order valence-electron chi connectivity index (χ3n) is 5.28. The molecule has 1 aliphatic carbocycles. The molecule has 0 amide bonds. The van der Waals surface area contributed by atoms with Gasteiger partial charge in [0.15, 0.2) is 5.78 Å². The molecule has 3 aliphatic rings. The van der Waals surface area contributed by atoms with Crippen molar-refractivity contribution < 1.29 is 28.9 Å². The summed E-state index contributed by atoms with van der Waals surface area (Å²) < 4.78 is 17.0. The molecule has 6 heteroatoms. The smallest absolute Gasteiger partial charge is 0.304 e. The summed E-state index contributed by atoms with van der Waals surface area (Å²) in [5.41, 5.74) is -1.75. The number of carbonyl (C=O) groups is 2. The minimum atomic E-state index is -1.44. The molecule has 0 unspecified atom stereocenters. The van der Waals surface area contributed by atoms with Crippen molar-refractivity contribution in [2.45, 2.75) is 64.8 Å². The second-order valence-corrected chi connectivity index (χ2v) is 7.19. The van der Waals surface area contributed by atoms with Gasteiger partial charge in [0.05, 0.1) is 0 Å². The zero-order chi connectivity index (χ0) is 16.5. The predicted octanol–water partition coefficient (Wildman–Crippen LogP) is 1.31. The number of fused-ring (bicyclic) bond motifs is 3. The molecule has 3 rings (SSSR count). The van der Waals surface area contributed by atoms with Crippen LogP contribution in [-0.2, 0) is 23.8 Å². The van der Waals surface area contributed by atoms with Crippen molar-refractivity contribution in [1.82, 2.24) is 0 Å². The number of ether oxygens (including phenoxy) is 3. The summed E-state index contributed by atoms with van der Waals surface area (Å²) in [6.07, 6.45) is 0.210. The highest BCUT2D eigenvalue weighted by Crippen LogP contribution is 2.62. The summed E-state index contributed by atoms with van der Waals surface area (Å²) in [6, 6.07) is 0. The normalized spacial score (nSPS) is 46.0. The van der Waals surface area contributed by atoms with E-state index in [0.717, 1.165) is 0 Å². The molecule has 6 nitrogen and oxygen atoms in total. The van der Waals surface area contributed by atoms with Crippen molar-refractivity contribution in [1.29, 1.82) is 0 Å². The Kier molecular flexibility index (Phi) is 3.13. The summed E-state index contributed by atoms with van der Waals surface area (Å²) in [7, 11) is 0. The van der Waals surface area contributed by atoms with E-state index in [2.05, 4.69) is 0 Å². The number of rotatable bonds is 1. The van der Waals surface area contributed by atoms with Gasteiger partial charge >= 0.3 is 5.97 Å². The quantitative estimate of drug-likeness (QED) is 0.735. The van der Waals surface area contributed by atoms with Crippen LogP contribution in [0, 0.1) is 11.3 Å². The third-order valence-corrected chi connectivity index (χ3v) is 5.28. The van der Waals surface area contributed by atoms with Crippen LogP contribution in [0.5, 0.6) is 0 Å². The fourth-order valence-corrected chi connectivity index (χ4v) is 4.20. The van der Waals surface area contributed by atoms with E-state index in [1.807, 2.05) is 6.92 Å². The molecule has 0 aromatic carbocycles. The van der Waals surface area contributed by atoms with E-state index in [-0.39, 0.29) is 11.7 Å². The van der Waals surface area contributed by atoms with E-state index in [9.17, 15) is 14.7 Å². The van der Waals surface area contributed by atoms with Crippen molar-refractivity contribution in [2.24, 2.45) is 11.3 Å². The molecule has 5 atom stereocenters. The molecule has 2 aliphatic heterocycles. The second kappa shape index (κ2) is 4.40. The lowest BCUT2D eigenvalue weighted by Gasteiger charge is -2.45. The Labute approximate surface area is 129 Å². The van der Waals surface area contributed by atoms with Crippen molar-refractivity contribution in [3.63, 3.8) is 0 Å². The molecule has 22 heavy (non-hydrogen) atoms. The van der Waals surface area contributed by atoms with Crippen LogP contribution < -0.4 is 0 Å². The first-order valence-electron chi connectivity index (χ1n) is 7.53. The molecule has 2 saturated heterocycles. The number of ketones is 1. The summed E-state index contributed by atoms with van der Waals surface area (Å²) >= 11 is 0. The Morgan fingerprint density at radius 3 is 2.64 bits per heavy atom. The molecule has 122 valence electrons. The highest BCUT2D eigenvalue weighted by atomic mass is 16.8. The van der Waals surface area contributed by atoms with Crippen LogP contribution in [0.2, 0.25) is 0 Å². The van der Waals surface area contributed by atoms with Gasteiger partial charge in [0.2, 0.25) is 12.1 Å². The maximum atomic E-state index is 12.2. The van der Waals surface area contributed by atoms with Gasteiger partial charge in [-0.25, -0.2) is 0 Å². The summed E-state index contributed by atoms with van der Waals surface area (Å²) in [6.45, 7) is 8.48. The van der Waals surface area contributed by atoms with Gasteiger partial charge in [0, 0.05) is 24.7 Å². The number of hydrogen-bond donors (Lipinski definition) is 1. The molecule has 2 heterocycles. The first-order chi connectivity index (χ1) is 10.0. The van der Waals surface area contributed by atoms with Crippen LogP contribution in [0.15, 0.2) is 11.6 Å². The first-order valence-corrected chi connectivity index (χ1v) is 7.53. The van der Waals surface area contributed by atoms with Crippen LogP contribution in [-0.4, -0.2) is 40.6 Å². The molecular formula is C16H22O6. The number of aliphatic hydroxyl groups is 1. The zero-order valence-electron chi connectivity index (χ0n) is 13.5. The Hall–Kier alpha value is -1.24. The van der Waals surface area contributed by atoms with Gasteiger partial charge in [0.25, 0.3) is 0 Å². The highest BCUT2D eigenvalue weighted by Gasteiger charge is 2.76. The Bertz CT molecular complexity index is 579. The monoisotopic (exact) mass is 310 g/mol. The minimum absolute atomic E-state index is 0.147. The lowest BCUT2D eigenvalue weighted by molar-refractivity contribution is -0.299. The first kappa shape index (κ1) is 15.6. The van der Waals surface area contributed by atoms with Gasteiger partial charge in [0.1, 0.15) is 11.7 Å². The largest absolute Gasteiger partial charge is 0.436 e. The Morgan fingerprint density at radius 2 is 2.05 bits per heavy atom. The van der Waals surface area contributed by atoms with E-state index < -0.39 is 35.2 Å². The van der Waals surface area contributed by atoms with Gasteiger partial charge in [-0.2, -0.15) is 0 Å². The predicted molar refractivity (Wildman–Crippen MR) is 75.5 cm³/mol. The van der Waals surface area contributed by atoms with Crippen LogP contribution in [0.3, 0.4) is 0 Å². The molecule has 2 bridgehead atoms. The Morgan fingerprint density at radius 1 is 1.41 bits per heavy atom. The van der Waals surface area contributed by atoms with E-state index in [0.29, 0.717) is 12.0 Å². The minimum Gasteiger partial charge on any atom is -0.436 e. The summed E-state index contributed by atoms with van der Waals surface area (Å²) in [5.74, 6) is -2.14. The molecule has 0 radical (unpaired) electrons. The van der Waals surface area contributed by atoms with Crippen molar-refractivity contribution >= 4 is 11.8 Å². The lowest BCUT2D eigenvalue weighted by atomic mass is 9.61. The summed E-state index contributed by atoms with van der Waals surface area (Å²) in [5, 5.41) is 11.4. The average molecular weight is 310 g/mol. The van der Waals surface area contributed by atoms with Crippen molar-refractivity contribution in [3.8, 4) is 0 Å².